The monoisotopic (exact) mass is 356 g/mol. The van der Waals surface area contributed by atoms with Crippen LogP contribution in [0.3, 0.4) is 0 Å². The molecule has 0 aromatic rings. The minimum atomic E-state index is -5.19. The van der Waals surface area contributed by atoms with Gasteiger partial charge in [0, 0.05) is 0 Å². The van der Waals surface area contributed by atoms with Gasteiger partial charge < -0.3 is 40.0 Å². The Labute approximate surface area is 116 Å². The van der Waals surface area contributed by atoms with Crippen molar-refractivity contribution in [3.05, 3.63) is 0 Å². The fourth-order valence-electron chi connectivity index (χ4n) is 1.04. The van der Waals surface area contributed by atoms with Crippen LogP contribution < -0.4 is 0 Å². The average Bonchev–Trinajstić information content (AvgIpc) is 2.29. The second-order valence-corrected chi connectivity index (χ2v) is 6.27. The molecule has 0 aliphatic carbocycles. The van der Waals surface area contributed by atoms with Crippen molar-refractivity contribution in [1.82, 2.24) is 0 Å². The fraction of sp³-hybridized carbons (Fsp3) is 0.833. The maximum Gasteiger partial charge on any atom is 0.469 e. The maximum absolute atomic E-state index is 10.8. The van der Waals surface area contributed by atoms with Gasteiger partial charge in [-0.2, -0.15) is 0 Å². The number of hydrogen-bond donors (Lipinski definition) is 8. The van der Waals surface area contributed by atoms with E-state index in [4.69, 9.17) is 24.7 Å². The van der Waals surface area contributed by atoms with Gasteiger partial charge in [0.1, 0.15) is 18.8 Å². The SMILES string of the molecule is O=C(O)[C@@](O)(COP(=O)(O)O)C(O)[C@H](O)COP(=O)(O)O. The zero-order chi connectivity index (χ0) is 17.1. The molecule has 0 aromatic heterocycles. The van der Waals surface area contributed by atoms with E-state index in [9.17, 15) is 29.2 Å². The summed E-state index contributed by atoms with van der Waals surface area (Å²) in [6.45, 7) is -2.88. The Morgan fingerprint density at radius 1 is 1.05 bits per heavy atom. The van der Waals surface area contributed by atoms with Gasteiger partial charge in [0.15, 0.2) is 0 Å². The molecule has 0 spiro atoms. The highest BCUT2D eigenvalue weighted by Gasteiger charge is 2.49. The predicted molar refractivity (Wildman–Crippen MR) is 60.6 cm³/mol. The molecule has 0 aromatic carbocycles. The van der Waals surface area contributed by atoms with E-state index in [0.717, 1.165) is 0 Å². The third-order valence-electron chi connectivity index (χ3n) is 2.09. The number of aliphatic hydroxyl groups is 3. The molecule has 0 rings (SSSR count). The molecule has 0 heterocycles. The molecule has 0 saturated carbocycles. The van der Waals surface area contributed by atoms with Crippen LogP contribution in [0, 0.1) is 0 Å². The van der Waals surface area contributed by atoms with Gasteiger partial charge >= 0.3 is 21.6 Å². The highest BCUT2D eigenvalue weighted by molar-refractivity contribution is 7.46. The predicted octanol–water partition coefficient (Wildman–Crippen LogP) is -3.26. The smallest absolute Gasteiger partial charge is 0.469 e. The summed E-state index contributed by atoms with van der Waals surface area (Å²) in [6.07, 6.45) is -4.94. The number of aliphatic hydroxyl groups excluding tert-OH is 2. The summed E-state index contributed by atoms with van der Waals surface area (Å²) in [4.78, 5) is 44.4. The van der Waals surface area contributed by atoms with Crippen molar-refractivity contribution in [3.63, 3.8) is 0 Å². The van der Waals surface area contributed by atoms with Gasteiger partial charge in [-0.3, -0.25) is 9.05 Å². The largest absolute Gasteiger partial charge is 0.479 e. The van der Waals surface area contributed by atoms with E-state index in [2.05, 4.69) is 9.05 Å². The molecule has 0 aliphatic heterocycles. The summed E-state index contributed by atoms with van der Waals surface area (Å²) in [6, 6.07) is 0. The molecule has 0 fully saturated rings. The molecule has 3 atom stereocenters. The number of carboxylic acid groups (broad SMARTS) is 1. The summed E-state index contributed by atoms with van der Waals surface area (Å²) in [5, 5.41) is 37.1. The summed E-state index contributed by atoms with van der Waals surface area (Å²) >= 11 is 0. The Morgan fingerprint density at radius 2 is 1.48 bits per heavy atom. The average molecular weight is 356 g/mol. The van der Waals surface area contributed by atoms with Crippen LogP contribution in [0.4, 0.5) is 0 Å². The molecule has 0 amide bonds. The van der Waals surface area contributed by atoms with E-state index >= 15 is 0 Å². The molecule has 21 heavy (non-hydrogen) atoms. The van der Waals surface area contributed by atoms with Crippen molar-refractivity contribution in [1.29, 1.82) is 0 Å². The summed E-state index contributed by atoms with van der Waals surface area (Å²) in [7, 11) is -10.2. The molecular weight excluding hydrogens is 342 g/mol. The first kappa shape index (κ1) is 20.6. The Morgan fingerprint density at radius 3 is 1.81 bits per heavy atom. The minimum absolute atomic E-state index is 1.27. The summed E-state index contributed by atoms with van der Waals surface area (Å²) in [5.74, 6) is -2.21. The zero-order valence-corrected chi connectivity index (χ0v) is 11.9. The quantitative estimate of drug-likeness (QED) is 0.190. The van der Waals surface area contributed by atoms with E-state index in [0.29, 0.717) is 0 Å². The van der Waals surface area contributed by atoms with Crippen LogP contribution in [-0.4, -0.2) is 77.0 Å². The second kappa shape index (κ2) is 7.22. The highest BCUT2D eigenvalue weighted by atomic mass is 31.2. The van der Waals surface area contributed by atoms with Crippen molar-refractivity contribution >= 4 is 21.6 Å². The first-order valence-corrected chi connectivity index (χ1v) is 7.97. The number of carboxylic acids is 1. The van der Waals surface area contributed by atoms with Gasteiger partial charge in [0.25, 0.3) is 0 Å². The number of aliphatic carboxylic acids is 1. The minimum Gasteiger partial charge on any atom is -0.479 e. The highest BCUT2D eigenvalue weighted by Crippen LogP contribution is 2.38. The first-order valence-electron chi connectivity index (χ1n) is 4.91. The Bertz CT molecular complexity index is 452. The lowest BCUT2D eigenvalue weighted by molar-refractivity contribution is -0.190. The topological polar surface area (TPSA) is 232 Å². The molecule has 0 radical (unpaired) electrons. The standard InChI is InChI=1S/C6H14O13P2/c7-3(1-18-20(12,13)14)4(8)6(11,5(9)10)2-19-21(15,16)17/h3-4,7-8,11H,1-2H2,(H,9,10)(H2,12,13,14)(H2,15,16,17)/t3-,4?,6-/m1/s1. The fourth-order valence-corrected chi connectivity index (χ4v) is 1.75. The Hall–Kier alpha value is -0.430. The lowest BCUT2D eigenvalue weighted by Gasteiger charge is -2.31. The van der Waals surface area contributed by atoms with Crippen molar-refractivity contribution in [2.24, 2.45) is 0 Å². The van der Waals surface area contributed by atoms with Crippen molar-refractivity contribution < 1.29 is 63.0 Å². The Kier molecular flexibility index (Phi) is 7.07. The van der Waals surface area contributed by atoms with Gasteiger partial charge in [0.2, 0.25) is 5.60 Å². The third kappa shape index (κ3) is 7.40. The van der Waals surface area contributed by atoms with Crippen LogP contribution in [0.2, 0.25) is 0 Å². The third-order valence-corrected chi connectivity index (χ3v) is 3.04. The van der Waals surface area contributed by atoms with Crippen molar-refractivity contribution in [2.45, 2.75) is 17.8 Å². The van der Waals surface area contributed by atoms with Crippen molar-refractivity contribution in [2.75, 3.05) is 13.2 Å². The summed E-state index contributed by atoms with van der Waals surface area (Å²) < 4.78 is 28.4. The van der Waals surface area contributed by atoms with E-state index in [1.54, 1.807) is 0 Å². The molecule has 126 valence electrons. The van der Waals surface area contributed by atoms with Crippen LogP contribution in [0.25, 0.3) is 0 Å². The molecule has 8 N–H and O–H groups in total. The molecule has 0 bridgehead atoms. The molecule has 13 nitrogen and oxygen atoms in total. The van der Waals surface area contributed by atoms with Crippen LogP contribution >= 0.6 is 15.6 Å². The lowest BCUT2D eigenvalue weighted by Crippen LogP contribution is -2.58. The number of hydrogen-bond acceptors (Lipinski definition) is 8. The maximum atomic E-state index is 10.8. The molecule has 1 unspecified atom stereocenters. The lowest BCUT2D eigenvalue weighted by atomic mass is 9.94. The van der Waals surface area contributed by atoms with E-state index < -0.39 is 52.6 Å². The Balaban J connectivity index is 4.97. The van der Waals surface area contributed by atoms with E-state index in [1.165, 1.54) is 0 Å². The number of carbonyl (C=O) groups is 1. The normalized spacial score (nSPS) is 18.8. The molecular formula is C6H14O13P2. The second-order valence-electron chi connectivity index (χ2n) is 3.79. The first-order chi connectivity index (χ1) is 9.19. The van der Waals surface area contributed by atoms with Gasteiger partial charge in [-0.25, -0.2) is 13.9 Å². The molecule has 0 aliphatic rings. The van der Waals surface area contributed by atoms with Crippen LogP contribution in [0.15, 0.2) is 0 Å². The molecule has 15 heteroatoms. The summed E-state index contributed by atoms with van der Waals surface area (Å²) in [5.41, 5.74) is -3.36. The van der Waals surface area contributed by atoms with Crippen molar-refractivity contribution in [3.8, 4) is 0 Å². The van der Waals surface area contributed by atoms with Gasteiger partial charge in [-0.15, -0.1) is 0 Å². The zero-order valence-electron chi connectivity index (χ0n) is 10.1. The van der Waals surface area contributed by atoms with E-state index in [-0.39, 0.29) is 0 Å². The van der Waals surface area contributed by atoms with E-state index in [1.807, 2.05) is 0 Å². The van der Waals surface area contributed by atoms with Gasteiger partial charge in [-0.05, 0) is 0 Å². The molecule has 0 saturated heterocycles. The van der Waals surface area contributed by atoms with Crippen LogP contribution in [0.1, 0.15) is 0 Å². The van der Waals surface area contributed by atoms with Gasteiger partial charge in [-0.1, -0.05) is 0 Å². The van der Waals surface area contributed by atoms with Crippen LogP contribution in [-0.2, 0) is 23.0 Å². The number of phosphoric ester groups is 2. The number of phosphoric acid groups is 2. The van der Waals surface area contributed by atoms with Crippen LogP contribution in [0.5, 0.6) is 0 Å². The number of rotatable bonds is 9. The van der Waals surface area contributed by atoms with Gasteiger partial charge in [0.05, 0.1) is 6.61 Å².